The summed E-state index contributed by atoms with van der Waals surface area (Å²) in [6, 6.07) is 11.9. The topological polar surface area (TPSA) is 52.3 Å². The van der Waals surface area contributed by atoms with E-state index in [2.05, 4.69) is 0 Å². The SMILES string of the molecule is Cc1ccc(N)cc1C(=O)OCC(F)(F)c1ccccc1. The summed E-state index contributed by atoms with van der Waals surface area (Å²) in [5.74, 6) is -4.04. The van der Waals surface area contributed by atoms with Crippen LogP contribution in [0.3, 0.4) is 0 Å². The number of nitrogen functional groups attached to an aromatic ring is 1. The van der Waals surface area contributed by atoms with Gasteiger partial charge in [-0.25, -0.2) is 4.79 Å². The van der Waals surface area contributed by atoms with Crippen molar-refractivity contribution in [3.8, 4) is 0 Å². The van der Waals surface area contributed by atoms with Crippen molar-refractivity contribution in [3.63, 3.8) is 0 Å². The molecule has 0 amide bonds. The Kier molecular flexibility index (Phi) is 4.21. The Morgan fingerprint density at radius 3 is 2.52 bits per heavy atom. The summed E-state index contributed by atoms with van der Waals surface area (Å²) in [4.78, 5) is 11.9. The van der Waals surface area contributed by atoms with Crippen LogP contribution in [-0.2, 0) is 10.7 Å². The molecule has 0 aliphatic carbocycles. The highest BCUT2D eigenvalue weighted by molar-refractivity contribution is 5.92. The van der Waals surface area contributed by atoms with Crippen molar-refractivity contribution in [1.82, 2.24) is 0 Å². The molecule has 2 N–H and O–H groups in total. The quantitative estimate of drug-likeness (QED) is 0.692. The first kappa shape index (κ1) is 15.0. The Morgan fingerprint density at radius 2 is 1.86 bits per heavy atom. The zero-order valence-corrected chi connectivity index (χ0v) is 11.5. The van der Waals surface area contributed by atoms with Gasteiger partial charge < -0.3 is 10.5 Å². The Morgan fingerprint density at radius 1 is 1.19 bits per heavy atom. The Bertz CT molecular complexity index is 642. The molecule has 0 saturated heterocycles. The van der Waals surface area contributed by atoms with Gasteiger partial charge in [0.2, 0.25) is 0 Å². The summed E-state index contributed by atoms with van der Waals surface area (Å²) in [5.41, 5.74) is 6.58. The number of aryl methyl sites for hydroxylation is 1. The molecule has 0 heterocycles. The van der Waals surface area contributed by atoms with Crippen molar-refractivity contribution in [3.05, 3.63) is 65.2 Å². The number of carbonyl (C=O) groups excluding carboxylic acids is 1. The van der Waals surface area contributed by atoms with E-state index in [9.17, 15) is 13.6 Å². The van der Waals surface area contributed by atoms with E-state index in [1.807, 2.05) is 0 Å². The number of carbonyl (C=O) groups is 1. The van der Waals surface area contributed by atoms with Crippen LogP contribution in [0.15, 0.2) is 48.5 Å². The number of nitrogens with two attached hydrogens (primary N) is 1. The normalized spacial score (nSPS) is 11.2. The van der Waals surface area contributed by atoms with Crippen molar-refractivity contribution in [2.45, 2.75) is 12.8 Å². The lowest BCUT2D eigenvalue weighted by atomic mass is 10.1. The first-order valence-electron chi connectivity index (χ1n) is 6.37. The van der Waals surface area contributed by atoms with Gasteiger partial charge in [-0.05, 0) is 24.6 Å². The maximum atomic E-state index is 13.9. The van der Waals surface area contributed by atoms with Gasteiger partial charge >= 0.3 is 11.9 Å². The molecule has 0 atom stereocenters. The van der Waals surface area contributed by atoms with Gasteiger partial charge in [0.15, 0.2) is 6.61 Å². The number of halogens is 2. The molecule has 0 radical (unpaired) electrons. The number of alkyl halides is 2. The lowest BCUT2D eigenvalue weighted by Gasteiger charge is -2.17. The zero-order chi connectivity index (χ0) is 15.5. The highest BCUT2D eigenvalue weighted by Crippen LogP contribution is 2.28. The van der Waals surface area contributed by atoms with Gasteiger partial charge in [0, 0.05) is 11.3 Å². The van der Waals surface area contributed by atoms with Crippen LogP contribution in [0.1, 0.15) is 21.5 Å². The third kappa shape index (κ3) is 3.56. The standard InChI is InChI=1S/C16H15F2NO2/c1-11-7-8-13(19)9-14(11)15(20)21-10-16(17,18)12-5-3-2-4-6-12/h2-9H,10,19H2,1H3. The van der Waals surface area contributed by atoms with Gasteiger partial charge in [-0.15, -0.1) is 0 Å². The minimum absolute atomic E-state index is 0.193. The van der Waals surface area contributed by atoms with Crippen LogP contribution in [0, 0.1) is 6.92 Å². The largest absolute Gasteiger partial charge is 0.455 e. The van der Waals surface area contributed by atoms with E-state index in [0.717, 1.165) is 0 Å². The molecule has 0 unspecified atom stereocenters. The molecule has 0 aliphatic rings. The second-order valence-electron chi connectivity index (χ2n) is 4.72. The molecule has 110 valence electrons. The van der Waals surface area contributed by atoms with Crippen molar-refractivity contribution >= 4 is 11.7 Å². The predicted octanol–water partition coefficient (Wildman–Crippen LogP) is 3.53. The van der Waals surface area contributed by atoms with Gasteiger partial charge in [-0.1, -0.05) is 36.4 Å². The molecule has 2 aromatic carbocycles. The molecule has 2 aromatic rings. The molecule has 3 nitrogen and oxygen atoms in total. The van der Waals surface area contributed by atoms with Crippen LogP contribution in [0.4, 0.5) is 14.5 Å². The number of hydrogen-bond donors (Lipinski definition) is 1. The molecule has 0 aliphatic heterocycles. The minimum atomic E-state index is -3.23. The summed E-state index contributed by atoms with van der Waals surface area (Å²) >= 11 is 0. The molecule has 2 rings (SSSR count). The van der Waals surface area contributed by atoms with Crippen LogP contribution >= 0.6 is 0 Å². The maximum Gasteiger partial charge on any atom is 0.338 e. The average molecular weight is 291 g/mol. The monoisotopic (exact) mass is 291 g/mol. The van der Waals surface area contributed by atoms with Crippen molar-refractivity contribution in [2.75, 3.05) is 12.3 Å². The van der Waals surface area contributed by atoms with Crippen molar-refractivity contribution in [1.29, 1.82) is 0 Å². The lowest BCUT2D eigenvalue weighted by molar-refractivity contribution is -0.0661. The number of anilines is 1. The van der Waals surface area contributed by atoms with Crippen LogP contribution in [0.2, 0.25) is 0 Å². The summed E-state index contributed by atoms with van der Waals surface area (Å²) in [5, 5.41) is 0. The molecule has 21 heavy (non-hydrogen) atoms. The fraction of sp³-hybridized carbons (Fsp3) is 0.188. The molecule has 5 heteroatoms. The first-order chi connectivity index (χ1) is 9.90. The van der Waals surface area contributed by atoms with Gasteiger partial charge in [-0.3, -0.25) is 0 Å². The van der Waals surface area contributed by atoms with E-state index in [-0.39, 0.29) is 11.1 Å². The number of hydrogen-bond acceptors (Lipinski definition) is 3. The van der Waals surface area contributed by atoms with E-state index in [1.165, 1.54) is 30.3 Å². The average Bonchev–Trinajstić information content (AvgIpc) is 2.48. The van der Waals surface area contributed by atoms with Crippen LogP contribution in [0.25, 0.3) is 0 Å². The third-order valence-electron chi connectivity index (χ3n) is 3.06. The highest BCUT2D eigenvalue weighted by atomic mass is 19.3. The van der Waals surface area contributed by atoms with E-state index in [1.54, 1.807) is 25.1 Å². The van der Waals surface area contributed by atoms with E-state index >= 15 is 0 Å². The Labute approximate surface area is 121 Å². The van der Waals surface area contributed by atoms with E-state index in [0.29, 0.717) is 11.3 Å². The molecule has 0 fully saturated rings. The maximum absolute atomic E-state index is 13.9. The lowest BCUT2D eigenvalue weighted by Crippen LogP contribution is -2.23. The van der Waals surface area contributed by atoms with Crippen molar-refractivity contribution in [2.24, 2.45) is 0 Å². The van der Waals surface area contributed by atoms with E-state index in [4.69, 9.17) is 10.5 Å². The fourth-order valence-electron chi connectivity index (χ4n) is 1.86. The summed E-state index contributed by atoms with van der Waals surface area (Å²) in [7, 11) is 0. The molecule has 0 aromatic heterocycles. The van der Waals surface area contributed by atoms with Crippen LogP contribution in [-0.4, -0.2) is 12.6 Å². The summed E-state index contributed by atoms with van der Waals surface area (Å²) in [6.07, 6.45) is 0. The predicted molar refractivity (Wildman–Crippen MR) is 76.2 cm³/mol. The van der Waals surface area contributed by atoms with Crippen molar-refractivity contribution < 1.29 is 18.3 Å². The second-order valence-corrected chi connectivity index (χ2v) is 4.72. The molecular weight excluding hydrogens is 276 g/mol. The number of rotatable bonds is 4. The van der Waals surface area contributed by atoms with Gasteiger partial charge in [0.05, 0.1) is 5.56 Å². The Balaban J connectivity index is 2.09. The van der Waals surface area contributed by atoms with Gasteiger partial charge in [0.1, 0.15) is 0 Å². The first-order valence-corrected chi connectivity index (χ1v) is 6.37. The summed E-state index contributed by atoms with van der Waals surface area (Å²) in [6.45, 7) is 0.676. The zero-order valence-electron chi connectivity index (χ0n) is 11.5. The highest BCUT2D eigenvalue weighted by Gasteiger charge is 2.33. The smallest absolute Gasteiger partial charge is 0.338 e. The molecule has 0 saturated carbocycles. The number of benzene rings is 2. The van der Waals surface area contributed by atoms with Crippen LogP contribution in [0.5, 0.6) is 0 Å². The van der Waals surface area contributed by atoms with Crippen LogP contribution < -0.4 is 5.73 Å². The minimum Gasteiger partial charge on any atom is -0.455 e. The number of esters is 1. The Hall–Kier alpha value is -2.43. The summed E-state index contributed by atoms with van der Waals surface area (Å²) < 4.78 is 32.6. The van der Waals surface area contributed by atoms with Gasteiger partial charge in [0.25, 0.3) is 0 Å². The molecule has 0 bridgehead atoms. The third-order valence-corrected chi connectivity index (χ3v) is 3.06. The second kappa shape index (κ2) is 5.91. The fourth-order valence-corrected chi connectivity index (χ4v) is 1.86. The molecular formula is C16H15F2NO2. The van der Waals surface area contributed by atoms with Gasteiger partial charge in [-0.2, -0.15) is 8.78 Å². The van der Waals surface area contributed by atoms with E-state index < -0.39 is 18.5 Å². The number of ether oxygens (including phenoxy) is 1. The molecule has 0 spiro atoms.